The summed E-state index contributed by atoms with van der Waals surface area (Å²) in [5.41, 5.74) is 6.73. The highest BCUT2D eigenvalue weighted by Gasteiger charge is 2.19. The number of nitrogens with two attached hydrogens (primary N) is 1. The Hall–Kier alpha value is -1.06. The van der Waals surface area contributed by atoms with Crippen LogP contribution in [0.3, 0.4) is 0 Å². The van der Waals surface area contributed by atoms with E-state index >= 15 is 0 Å². The fourth-order valence-electron chi connectivity index (χ4n) is 2.37. The van der Waals surface area contributed by atoms with Crippen molar-refractivity contribution < 1.29 is 5.11 Å². The van der Waals surface area contributed by atoms with Gasteiger partial charge in [-0.15, -0.1) is 0 Å². The zero-order valence-electron chi connectivity index (χ0n) is 9.60. The van der Waals surface area contributed by atoms with Gasteiger partial charge in [-0.1, -0.05) is 18.2 Å². The van der Waals surface area contributed by atoms with Crippen LogP contribution in [0.1, 0.15) is 18.4 Å². The fourth-order valence-corrected chi connectivity index (χ4v) is 2.37. The second-order valence-corrected chi connectivity index (χ2v) is 4.61. The molecule has 3 heteroatoms. The van der Waals surface area contributed by atoms with Gasteiger partial charge >= 0.3 is 0 Å². The van der Waals surface area contributed by atoms with Gasteiger partial charge in [-0.05, 0) is 37.9 Å². The molecule has 1 atom stereocenters. The number of phenols is 1. The summed E-state index contributed by atoms with van der Waals surface area (Å²) in [5.74, 6) is 1.02. The number of benzene rings is 1. The Morgan fingerprint density at radius 2 is 2.19 bits per heavy atom. The van der Waals surface area contributed by atoms with E-state index in [1.165, 1.54) is 12.8 Å². The molecular formula is C13H20N2O. The minimum absolute atomic E-state index is 0.400. The summed E-state index contributed by atoms with van der Waals surface area (Å²) in [6, 6.07) is 7.57. The largest absolute Gasteiger partial charge is 0.508 e. The number of aromatic hydroxyl groups is 1. The van der Waals surface area contributed by atoms with Crippen molar-refractivity contribution >= 4 is 0 Å². The molecule has 1 aromatic carbocycles. The van der Waals surface area contributed by atoms with Crippen LogP contribution in [0.15, 0.2) is 24.3 Å². The van der Waals surface area contributed by atoms with Gasteiger partial charge in [0.2, 0.25) is 0 Å². The minimum atomic E-state index is 0.400. The molecule has 3 N–H and O–H groups in total. The molecule has 3 nitrogen and oxygen atoms in total. The molecule has 1 aliphatic heterocycles. The molecule has 0 amide bonds. The third-order valence-corrected chi connectivity index (χ3v) is 3.32. The quantitative estimate of drug-likeness (QED) is 0.813. The molecular weight excluding hydrogens is 200 g/mol. The number of para-hydroxylation sites is 1. The maximum atomic E-state index is 9.71. The SMILES string of the molecule is NC[C@H]1CCCN(Cc2ccccc2O)C1. The Bertz CT molecular complexity index is 340. The Balaban J connectivity index is 1.97. The second-order valence-electron chi connectivity index (χ2n) is 4.61. The molecule has 1 heterocycles. The Morgan fingerprint density at radius 3 is 2.94 bits per heavy atom. The van der Waals surface area contributed by atoms with Crippen molar-refractivity contribution in [3.63, 3.8) is 0 Å². The average Bonchev–Trinajstić information content (AvgIpc) is 2.32. The van der Waals surface area contributed by atoms with Crippen molar-refractivity contribution in [2.24, 2.45) is 11.7 Å². The van der Waals surface area contributed by atoms with Crippen molar-refractivity contribution in [3.8, 4) is 5.75 Å². The van der Waals surface area contributed by atoms with Crippen LogP contribution in [0, 0.1) is 5.92 Å². The van der Waals surface area contributed by atoms with Crippen molar-refractivity contribution in [2.75, 3.05) is 19.6 Å². The first-order valence-corrected chi connectivity index (χ1v) is 5.99. The predicted octanol–water partition coefficient (Wildman–Crippen LogP) is 1.56. The van der Waals surface area contributed by atoms with Crippen LogP contribution in [0.2, 0.25) is 0 Å². The molecule has 2 rings (SSSR count). The Labute approximate surface area is 96.9 Å². The van der Waals surface area contributed by atoms with Crippen LogP contribution in [-0.4, -0.2) is 29.6 Å². The van der Waals surface area contributed by atoms with Crippen LogP contribution in [0.4, 0.5) is 0 Å². The highest BCUT2D eigenvalue weighted by atomic mass is 16.3. The maximum absolute atomic E-state index is 9.71. The van der Waals surface area contributed by atoms with Crippen LogP contribution in [0.5, 0.6) is 5.75 Å². The highest BCUT2D eigenvalue weighted by Crippen LogP contribution is 2.21. The van der Waals surface area contributed by atoms with Crippen molar-refractivity contribution in [3.05, 3.63) is 29.8 Å². The van der Waals surface area contributed by atoms with Gasteiger partial charge in [0.05, 0.1) is 0 Å². The molecule has 0 aliphatic carbocycles. The summed E-state index contributed by atoms with van der Waals surface area (Å²) in [4.78, 5) is 2.38. The molecule has 0 radical (unpaired) electrons. The number of nitrogens with zero attached hydrogens (tertiary/aromatic N) is 1. The van der Waals surface area contributed by atoms with Crippen LogP contribution < -0.4 is 5.73 Å². The van der Waals surface area contributed by atoms with Gasteiger partial charge in [0.15, 0.2) is 0 Å². The minimum Gasteiger partial charge on any atom is -0.508 e. The Morgan fingerprint density at radius 1 is 1.38 bits per heavy atom. The van der Waals surface area contributed by atoms with E-state index in [1.807, 2.05) is 18.2 Å². The number of rotatable bonds is 3. The van der Waals surface area contributed by atoms with Crippen LogP contribution >= 0.6 is 0 Å². The van der Waals surface area contributed by atoms with E-state index in [0.29, 0.717) is 11.7 Å². The van der Waals surface area contributed by atoms with E-state index in [4.69, 9.17) is 5.73 Å². The molecule has 0 spiro atoms. The molecule has 1 fully saturated rings. The van der Waals surface area contributed by atoms with Crippen molar-refractivity contribution in [1.29, 1.82) is 0 Å². The lowest BCUT2D eigenvalue weighted by Crippen LogP contribution is -2.37. The number of phenolic OH excluding ortho intramolecular Hbond substituents is 1. The first-order valence-electron chi connectivity index (χ1n) is 5.99. The summed E-state index contributed by atoms with van der Waals surface area (Å²) < 4.78 is 0. The van der Waals surface area contributed by atoms with E-state index in [-0.39, 0.29) is 0 Å². The first-order chi connectivity index (χ1) is 7.79. The predicted molar refractivity (Wildman–Crippen MR) is 65.2 cm³/mol. The van der Waals surface area contributed by atoms with Crippen molar-refractivity contribution in [2.45, 2.75) is 19.4 Å². The molecule has 1 aromatic rings. The molecule has 0 aromatic heterocycles. The number of piperidine rings is 1. The Kier molecular flexibility index (Phi) is 3.80. The van der Waals surface area contributed by atoms with E-state index in [1.54, 1.807) is 6.07 Å². The van der Waals surface area contributed by atoms with Gasteiger partial charge in [0.1, 0.15) is 5.75 Å². The third kappa shape index (κ3) is 2.74. The highest BCUT2D eigenvalue weighted by molar-refractivity contribution is 5.31. The lowest BCUT2D eigenvalue weighted by molar-refractivity contribution is 0.169. The van der Waals surface area contributed by atoms with Gasteiger partial charge in [-0.25, -0.2) is 0 Å². The van der Waals surface area contributed by atoms with Gasteiger partial charge in [-0.3, -0.25) is 4.90 Å². The summed E-state index contributed by atoms with van der Waals surface area (Å²) in [6.45, 7) is 3.79. The van der Waals surface area contributed by atoms with Crippen molar-refractivity contribution in [1.82, 2.24) is 4.90 Å². The topological polar surface area (TPSA) is 49.5 Å². The lowest BCUT2D eigenvalue weighted by Gasteiger charge is -2.32. The zero-order valence-corrected chi connectivity index (χ0v) is 9.60. The van der Waals surface area contributed by atoms with Gasteiger partial charge in [0.25, 0.3) is 0 Å². The van der Waals surface area contributed by atoms with E-state index in [2.05, 4.69) is 4.90 Å². The first kappa shape index (κ1) is 11.4. The summed E-state index contributed by atoms with van der Waals surface area (Å²) in [6.07, 6.45) is 2.46. The lowest BCUT2D eigenvalue weighted by atomic mass is 9.98. The number of hydrogen-bond donors (Lipinski definition) is 2. The normalized spacial score (nSPS) is 22.2. The zero-order chi connectivity index (χ0) is 11.4. The molecule has 0 saturated carbocycles. The molecule has 1 aliphatic rings. The summed E-state index contributed by atoms with van der Waals surface area (Å²) >= 11 is 0. The molecule has 0 bridgehead atoms. The summed E-state index contributed by atoms with van der Waals surface area (Å²) in [7, 11) is 0. The van der Waals surface area contributed by atoms with Crippen LogP contribution in [-0.2, 0) is 6.54 Å². The number of likely N-dealkylation sites (tertiary alicyclic amines) is 1. The average molecular weight is 220 g/mol. The van der Waals surface area contributed by atoms with E-state index in [9.17, 15) is 5.11 Å². The second kappa shape index (κ2) is 5.32. The molecule has 88 valence electrons. The van der Waals surface area contributed by atoms with Gasteiger partial charge < -0.3 is 10.8 Å². The number of hydrogen-bond acceptors (Lipinski definition) is 3. The monoisotopic (exact) mass is 220 g/mol. The van der Waals surface area contributed by atoms with E-state index < -0.39 is 0 Å². The standard InChI is InChI=1S/C13H20N2O/c14-8-11-4-3-7-15(9-11)10-12-5-1-2-6-13(12)16/h1-2,5-6,11,16H,3-4,7-10,14H2/t11-/m1/s1. The van der Waals surface area contributed by atoms with Gasteiger partial charge in [0, 0.05) is 18.7 Å². The summed E-state index contributed by atoms with van der Waals surface area (Å²) in [5, 5.41) is 9.71. The third-order valence-electron chi connectivity index (χ3n) is 3.32. The van der Waals surface area contributed by atoms with Crippen LogP contribution in [0.25, 0.3) is 0 Å². The van der Waals surface area contributed by atoms with Gasteiger partial charge in [-0.2, -0.15) is 0 Å². The molecule has 1 saturated heterocycles. The molecule has 0 unspecified atom stereocenters. The van der Waals surface area contributed by atoms with E-state index in [0.717, 1.165) is 31.7 Å². The fraction of sp³-hybridized carbons (Fsp3) is 0.538. The molecule has 16 heavy (non-hydrogen) atoms. The smallest absolute Gasteiger partial charge is 0.120 e. The maximum Gasteiger partial charge on any atom is 0.120 e.